The predicted octanol–water partition coefficient (Wildman–Crippen LogP) is 4.83. The fourth-order valence-electron chi connectivity index (χ4n) is 2.33. The highest BCUT2D eigenvalue weighted by atomic mass is 35.5. The Morgan fingerprint density at radius 1 is 1.13 bits per heavy atom. The maximum Gasteiger partial charge on any atom is 0.180 e. The molecule has 0 aliphatic heterocycles. The molecule has 0 aromatic heterocycles. The van der Waals surface area contributed by atoms with Crippen molar-refractivity contribution in [3.63, 3.8) is 0 Å². The maximum absolute atomic E-state index is 6.38. The second-order valence-corrected chi connectivity index (χ2v) is 6.46. The molecule has 5 heteroatoms. The van der Waals surface area contributed by atoms with E-state index >= 15 is 0 Å². The Hall–Kier alpha value is -1.42. The smallest absolute Gasteiger partial charge is 0.180 e. The highest BCUT2D eigenvalue weighted by Gasteiger charge is 2.20. The lowest BCUT2D eigenvalue weighted by Crippen LogP contribution is -2.15. The summed E-state index contributed by atoms with van der Waals surface area (Å²) < 4.78 is 11.3. The zero-order valence-corrected chi connectivity index (χ0v) is 14.5. The number of methoxy groups -OCH3 is 1. The van der Waals surface area contributed by atoms with Gasteiger partial charge in [0.15, 0.2) is 11.5 Å². The quantitative estimate of drug-likeness (QED) is 0.774. The van der Waals surface area contributed by atoms with E-state index in [0.29, 0.717) is 34.2 Å². The molecule has 0 saturated heterocycles. The molecule has 0 spiro atoms. The van der Waals surface area contributed by atoms with Gasteiger partial charge < -0.3 is 14.8 Å². The number of hydrogen-bond acceptors (Lipinski definition) is 3. The average molecular weight is 352 g/mol. The van der Waals surface area contributed by atoms with Crippen molar-refractivity contribution < 1.29 is 9.47 Å². The van der Waals surface area contributed by atoms with E-state index in [1.165, 1.54) is 12.8 Å². The SMILES string of the molecule is COc1cc(CNC2CC2)cc(Cl)c1OCc1ccccc1Cl. The zero-order valence-electron chi connectivity index (χ0n) is 12.9. The second kappa shape index (κ2) is 7.43. The third-order valence-corrected chi connectivity index (χ3v) is 4.44. The van der Waals surface area contributed by atoms with E-state index in [0.717, 1.165) is 17.7 Å². The molecule has 3 rings (SSSR count). The molecule has 23 heavy (non-hydrogen) atoms. The molecule has 0 radical (unpaired) electrons. The lowest BCUT2D eigenvalue weighted by molar-refractivity contribution is 0.284. The Morgan fingerprint density at radius 3 is 2.61 bits per heavy atom. The topological polar surface area (TPSA) is 30.5 Å². The molecule has 122 valence electrons. The van der Waals surface area contributed by atoms with Gasteiger partial charge in [-0.15, -0.1) is 0 Å². The molecule has 1 saturated carbocycles. The van der Waals surface area contributed by atoms with Gasteiger partial charge in [0, 0.05) is 23.2 Å². The summed E-state index contributed by atoms with van der Waals surface area (Å²) in [4.78, 5) is 0. The first-order valence-corrected chi connectivity index (χ1v) is 8.39. The number of hydrogen-bond donors (Lipinski definition) is 1. The first-order valence-electron chi connectivity index (χ1n) is 7.63. The van der Waals surface area contributed by atoms with Crippen molar-refractivity contribution in [3.8, 4) is 11.5 Å². The molecule has 1 aliphatic rings. The summed E-state index contributed by atoms with van der Waals surface area (Å²) in [7, 11) is 1.62. The van der Waals surface area contributed by atoms with E-state index in [9.17, 15) is 0 Å². The maximum atomic E-state index is 6.38. The first-order chi connectivity index (χ1) is 11.2. The van der Waals surface area contributed by atoms with Gasteiger partial charge in [0.2, 0.25) is 0 Å². The van der Waals surface area contributed by atoms with Gasteiger partial charge in [0.05, 0.1) is 12.1 Å². The van der Waals surface area contributed by atoms with Crippen LogP contribution in [0.15, 0.2) is 36.4 Å². The van der Waals surface area contributed by atoms with Crippen LogP contribution in [0.4, 0.5) is 0 Å². The number of ether oxygens (including phenoxy) is 2. The Morgan fingerprint density at radius 2 is 1.91 bits per heavy atom. The monoisotopic (exact) mass is 351 g/mol. The van der Waals surface area contributed by atoms with E-state index in [2.05, 4.69) is 5.32 Å². The van der Waals surface area contributed by atoms with Gasteiger partial charge in [-0.2, -0.15) is 0 Å². The average Bonchev–Trinajstić information content (AvgIpc) is 3.37. The summed E-state index contributed by atoms with van der Waals surface area (Å²) in [5, 5.41) is 4.68. The van der Waals surface area contributed by atoms with E-state index in [4.69, 9.17) is 32.7 Å². The normalized spacial score (nSPS) is 13.9. The minimum Gasteiger partial charge on any atom is -0.493 e. The van der Waals surface area contributed by atoms with Gasteiger partial charge in [0.25, 0.3) is 0 Å². The van der Waals surface area contributed by atoms with E-state index in [1.54, 1.807) is 7.11 Å². The van der Waals surface area contributed by atoms with Crippen molar-refractivity contribution in [2.75, 3.05) is 7.11 Å². The Bertz CT molecular complexity index is 687. The second-order valence-electron chi connectivity index (χ2n) is 5.64. The minimum atomic E-state index is 0.343. The lowest BCUT2D eigenvalue weighted by Gasteiger charge is -2.15. The molecule has 1 aliphatic carbocycles. The molecule has 0 heterocycles. The van der Waals surface area contributed by atoms with E-state index < -0.39 is 0 Å². The molecule has 0 amide bonds. The molecule has 0 bridgehead atoms. The largest absolute Gasteiger partial charge is 0.493 e. The number of benzene rings is 2. The van der Waals surface area contributed by atoms with Crippen molar-refractivity contribution in [3.05, 3.63) is 57.6 Å². The van der Waals surface area contributed by atoms with Gasteiger partial charge in [0.1, 0.15) is 6.61 Å². The summed E-state index contributed by atoms with van der Waals surface area (Å²) in [5.41, 5.74) is 2.00. The van der Waals surface area contributed by atoms with Crippen molar-refractivity contribution in [2.24, 2.45) is 0 Å². The summed E-state index contributed by atoms with van der Waals surface area (Å²) in [6.07, 6.45) is 2.51. The van der Waals surface area contributed by atoms with Crippen LogP contribution < -0.4 is 14.8 Å². The zero-order chi connectivity index (χ0) is 16.2. The van der Waals surface area contributed by atoms with Crippen LogP contribution in [0.25, 0.3) is 0 Å². The fraction of sp³-hybridized carbons (Fsp3) is 0.333. The highest BCUT2D eigenvalue weighted by molar-refractivity contribution is 6.32. The summed E-state index contributed by atoms with van der Waals surface area (Å²) >= 11 is 12.5. The Kier molecular flexibility index (Phi) is 5.31. The number of halogens is 2. The molecule has 0 unspecified atom stereocenters. The van der Waals surface area contributed by atoms with E-state index in [-0.39, 0.29) is 0 Å². The van der Waals surface area contributed by atoms with Gasteiger partial charge in [-0.3, -0.25) is 0 Å². The third kappa shape index (κ3) is 4.31. The van der Waals surface area contributed by atoms with Crippen LogP contribution in [0.2, 0.25) is 10.0 Å². The van der Waals surface area contributed by atoms with Gasteiger partial charge in [-0.05, 0) is 36.6 Å². The summed E-state index contributed by atoms with van der Waals surface area (Å²) in [5.74, 6) is 1.18. The van der Waals surface area contributed by atoms with Gasteiger partial charge >= 0.3 is 0 Å². The van der Waals surface area contributed by atoms with Crippen LogP contribution in [0.5, 0.6) is 11.5 Å². The highest BCUT2D eigenvalue weighted by Crippen LogP contribution is 2.37. The molecule has 1 N–H and O–H groups in total. The minimum absolute atomic E-state index is 0.343. The van der Waals surface area contributed by atoms with Crippen molar-refractivity contribution in [1.82, 2.24) is 5.32 Å². The fourth-order valence-corrected chi connectivity index (χ4v) is 2.81. The van der Waals surface area contributed by atoms with Crippen molar-refractivity contribution >= 4 is 23.2 Å². The van der Waals surface area contributed by atoms with Crippen LogP contribution in [0, 0.1) is 0 Å². The molecule has 2 aromatic rings. The van der Waals surface area contributed by atoms with Gasteiger partial charge in [-0.1, -0.05) is 41.4 Å². The molecule has 2 aromatic carbocycles. The van der Waals surface area contributed by atoms with Crippen molar-refractivity contribution in [1.29, 1.82) is 0 Å². The summed E-state index contributed by atoms with van der Waals surface area (Å²) in [6, 6.07) is 12.1. The van der Waals surface area contributed by atoms with Crippen LogP contribution in [-0.4, -0.2) is 13.2 Å². The predicted molar refractivity (Wildman–Crippen MR) is 93.6 cm³/mol. The van der Waals surface area contributed by atoms with Crippen LogP contribution in [0.3, 0.4) is 0 Å². The van der Waals surface area contributed by atoms with Crippen LogP contribution >= 0.6 is 23.2 Å². The van der Waals surface area contributed by atoms with Crippen LogP contribution in [0.1, 0.15) is 24.0 Å². The third-order valence-electron chi connectivity index (χ3n) is 3.79. The number of rotatable bonds is 7. The molecular formula is C18H19Cl2NO2. The summed E-state index contributed by atoms with van der Waals surface area (Å²) in [6.45, 7) is 1.13. The molecule has 1 fully saturated rings. The standard InChI is InChI=1S/C18H19Cl2NO2/c1-22-17-9-12(10-21-14-6-7-14)8-16(20)18(17)23-11-13-4-2-3-5-15(13)19/h2-5,8-9,14,21H,6-7,10-11H2,1H3. The first kappa shape index (κ1) is 16.4. The van der Waals surface area contributed by atoms with Crippen LogP contribution in [-0.2, 0) is 13.2 Å². The lowest BCUT2D eigenvalue weighted by atomic mass is 10.2. The Balaban J connectivity index is 1.73. The molecule has 3 nitrogen and oxygen atoms in total. The van der Waals surface area contributed by atoms with E-state index in [1.807, 2.05) is 36.4 Å². The number of nitrogens with one attached hydrogen (secondary N) is 1. The molecular weight excluding hydrogens is 333 g/mol. The Labute approximate surface area is 146 Å². The van der Waals surface area contributed by atoms with Gasteiger partial charge in [-0.25, -0.2) is 0 Å². The van der Waals surface area contributed by atoms with Crippen molar-refractivity contribution in [2.45, 2.75) is 32.0 Å². The molecule has 0 atom stereocenters.